The molecule has 1 aliphatic heterocycles. The van der Waals surface area contributed by atoms with Gasteiger partial charge >= 0.3 is 0 Å². The number of ether oxygens (including phenoxy) is 2. The average Bonchev–Trinajstić information content (AvgIpc) is 2.90. The summed E-state index contributed by atoms with van der Waals surface area (Å²) in [5.41, 5.74) is 8.63. The van der Waals surface area contributed by atoms with Crippen molar-refractivity contribution in [3.63, 3.8) is 0 Å². The summed E-state index contributed by atoms with van der Waals surface area (Å²) in [7, 11) is 0. The van der Waals surface area contributed by atoms with Crippen LogP contribution in [0.4, 0.5) is 0 Å². The van der Waals surface area contributed by atoms with E-state index in [1.807, 2.05) is 36.4 Å². The van der Waals surface area contributed by atoms with E-state index in [0.29, 0.717) is 25.9 Å². The van der Waals surface area contributed by atoms with Crippen molar-refractivity contribution in [2.24, 2.45) is 5.73 Å². The molecule has 4 rings (SSSR count). The van der Waals surface area contributed by atoms with Crippen LogP contribution in [-0.4, -0.2) is 61.8 Å². The Morgan fingerprint density at radius 3 is 2.57 bits per heavy atom. The van der Waals surface area contributed by atoms with E-state index >= 15 is 0 Å². The molecule has 1 atom stereocenters. The van der Waals surface area contributed by atoms with Gasteiger partial charge in [0.15, 0.2) is 0 Å². The number of rotatable bonds is 9. The van der Waals surface area contributed by atoms with Gasteiger partial charge in [0.25, 0.3) is 0 Å². The zero-order valence-electron chi connectivity index (χ0n) is 20.4. The van der Waals surface area contributed by atoms with Gasteiger partial charge in [-0.25, -0.2) is 0 Å². The summed E-state index contributed by atoms with van der Waals surface area (Å²) in [6, 6.07) is 17.8. The van der Waals surface area contributed by atoms with Crippen LogP contribution in [0.3, 0.4) is 0 Å². The fourth-order valence-electron chi connectivity index (χ4n) is 4.79. The molecule has 186 valence electrons. The molecule has 7 heteroatoms. The number of morpholine rings is 1. The summed E-state index contributed by atoms with van der Waals surface area (Å²) < 4.78 is 11.4. The maximum atomic E-state index is 12.7. The lowest BCUT2D eigenvalue weighted by molar-refractivity contribution is -0.127. The highest BCUT2D eigenvalue weighted by molar-refractivity contribution is 5.86. The van der Waals surface area contributed by atoms with Crippen LogP contribution in [0.25, 0.3) is 11.1 Å². The molecular formula is C28H36N4O3. The van der Waals surface area contributed by atoms with E-state index < -0.39 is 11.6 Å². The zero-order valence-corrected chi connectivity index (χ0v) is 20.4. The molecule has 2 fully saturated rings. The first-order chi connectivity index (χ1) is 17.1. The summed E-state index contributed by atoms with van der Waals surface area (Å²) in [6.45, 7) is 5.04. The number of carbonyl (C=O) groups is 1. The van der Waals surface area contributed by atoms with E-state index in [0.717, 1.165) is 74.6 Å². The van der Waals surface area contributed by atoms with Crippen LogP contribution in [0.2, 0.25) is 0 Å². The standard InChI is InChI=1S/C28H36N4O3/c29-21-25(31-27(33)28(30)11-2-1-3-12-28)19-22-7-9-23(10-8-22)24-5-4-6-26(20-24)35-18-15-32-13-16-34-17-14-32/h4-10,20,25H,1-3,11-19,30H2,(H,31,33). The summed E-state index contributed by atoms with van der Waals surface area (Å²) in [4.78, 5) is 15.1. The van der Waals surface area contributed by atoms with Crippen LogP contribution in [0, 0.1) is 11.3 Å². The Morgan fingerprint density at radius 1 is 1.11 bits per heavy atom. The Kier molecular flexibility index (Phi) is 8.75. The average molecular weight is 477 g/mol. The van der Waals surface area contributed by atoms with E-state index in [-0.39, 0.29) is 5.91 Å². The van der Waals surface area contributed by atoms with Gasteiger partial charge in [0, 0.05) is 26.1 Å². The Morgan fingerprint density at radius 2 is 1.86 bits per heavy atom. The van der Waals surface area contributed by atoms with E-state index in [2.05, 4.69) is 28.4 Å². The monoisotopic (exact) mass is 476 g/mol. The second kappa shape index (κ2) is 12.2. The molecule has 35 heavy (non-hydrogen) atoms. The van der Waals surface area contributed by atoms with Gasteiger partial charge in [0.1, 0.15) is 18.4 Å². The van der Waals surface area contributed by atoms with Crippen LogP contribution in [0.5, 0.6) is 5.75 Å². The summed E-state index contributed by atoms with van der Waals surface area (Å²) in [5.74, 6) is 0.649. The molecule has 1 aliphatic carbocycles. The quantitative estimate of drug-likeness (QED) is 0.576. The molecule has 1 saturated carbocycles. The first-order valence-electron chi connectivity index (χ1n) is 12.7. The minimum absolute atomic E-state index is 0.203. The molecule has 0 bridgehead atoms. The highest BCUT2D eigenvalue weighted by atomic mass is 16.5. The lowest BCUT2D eigenvalue weighted by Crippen LogP contribution is -2.57. The SMILES string of the molecule is N#CC(Cc1ccc(-c2cccc(OCCN3CCOCC3)c2)cc1)NC(=O)C1(N)CCCCC1. The van der Waals surface area contributed by atoms with Gasteiger partial charge in [0.05, 0.1) is 24.8 Å². The Hall–Kier alpha value is -2.92. The maximum Gasteiger partial charge on any atom is 0.241 e. The van der Waals surface area contributed by atoms with Crippen molar-refractivity contribution < 1.29 is 14.3 Å². The molecule has 2 aromatic carbocycles. The van der Waals surface area contributed by atoms with Gasteiger partial charge in [0.2, 0.25) is 5.91 Å². The van der Waals surface area contributed by atoms with Gasteiger partial charge in [-0.3, -0.25) is 9.69 Å². The molecule has 1 unspecified atom stereocenters. The molecule has 0 aromatic heterocycles. The van der Waals surface area contributed by atoms with Crippen LogP contribution < -0.4 is 15.8 Å². The molecule has 1 saturated heterocycles. The molecule has 0 radical (unpaired) electrons. The fraction of sp³-hybridized carbons (Fsp3) is 0.500. The molecule has 1 heterocycles. The number of amides is 1. The lowest BCUT2D eigenvalue weighted by Gasteiger charge is -2.32. The fourth-order valence-corrected chi connectivity index (χ4v) is 4.79. The molecule has 2 aliphatic rings. The third-order valence-corrected chi connectivity index (χ3v) is 7.00. The molecule has 3 N–H and O–H groups in total. The van der Waals surface area contributed by atoms with Crippen LogP contribution in [0.1, 0.15) is 37.7 Å². The van der Waals surface area contributed by atoms with Crippen molar-refractivity contribution in [2.45, 2.75) is 50.1 Å². The number of hydrogen-bond donors (Lipinski definition) is 2. The third kappa shape index (κ3) is 7.04. The normalized spacial score (nSPS) is 18.9. The van der Waals surface area contributed by atoms with Crippen molar-refractivity contribution in [3.05, 3.63) is 54.1 Å². The highest BCUT2D eigenvalue weighted by Crippen LogP contribution is 2.27. The van der Waals surface area contributed by atoms with Gasteiger partial charge in [-0.2, -0.15) is 5.26 Å². The Bertz CT molecular complexity index is 1010. The van der Waals surface area contributed by atoms with Crippen molar-refractivity contribution >= 4 is 5.91 Å². The number of nitrogens with one attached hydrogen (secondary N) is 1. The smallest absolute Gasteiger partial charge is 0.241 e. The molecule has 0 spiro atoms. The second-order valence-corrected chi connectivity index (χ2v) is 9.60. The van der Waals surface area contributed by atoms with Crippen LogP contribution in [-0.2, 0) is 16.0 Å². The predicted molar refractivity (Wildman–Crippen MR) is 136 cm³/mol. The summed E-state index contributed by atoms with van der Waals surface area (Å²) in [5, 5.41) is 12.5. The summed E-state index contributed by atoms with van der Waals surface area (Å²) in [6.07, 6.45) is 4.85. The Balaban J connectivity index is 1.31. The first kappa shape index (κ1) is 25.2. The Labute approximate surface area is 208 Å². The topological polar surface area (TPSA) is 101 Å². The van der Waals surface area contributed by atoms with Gasteiger partial charge < -0.3 is 20.5 Å². The maximum absolute atomic E-state index is 12.7. The molecule has 2 aromatic rings. The number of nitriles is 1. The van der Waals surface area contributed by atoms with E-state index in [1.165, 1.54) is 0 Å². The number of nitrogens with zero attached hydrogens (tertiary/aromatic N) is 2. The first-order valence-corrected chi connectivity index (χ1v) is 12.7. The van der Waals surface area contributed by atoms with E-state index in [1.54, 1.807) is 0 Å². The predicted octanol–water partition coefficient (Wildman–Crippen LogP) is 3.28. The van der Waals surface area contributed by atoms with Crippen molar-refractivity contribution in [2.75, 3.05) is 39.5 Å². The van der Waals surface area contributed by atoms with E-state index in [9.17, 15) is 10.1 Å². The van der Waals surface area contributed by atoms with Crippen LogP contribution in [0.15, 0.2) is 48.5 Å². The van der Waals surface area contributed by atoms with Gasteiger partial charge in [-0.1, -0.05) is 55.7 Å². The minimum Gasteiger partial charge on any atom is -0.492 e. The number of benzene rings is 2. The molecular weight excluding hydrogens is 440 g/mol. The number of nitrogens with two attached hydrogens (primary N) is 1. The second-order valence-electron chi connectivity index (χ2n) is 9.60. The zero-order chi connectivity index (χ0) is 24.5. The summed E-state index contributed by atoms with van der Waals surface area (Å²) >= 11 is 0. The van der Waals surface area contributed by atoms with Crippen LogP contribution >= 0.6 is 0 Å². The molecule has 1 amide bonds. The minimum atomic E-state index is -0.841. The van der Waals surface area contributed by atoms with Crippen molar-refractivity contribution in [1.29, 1.82) is 5.26 Å². The largest absolute Gasteiger partial charge is 0.492 e. The molecule has 7 nitrogen and oxygen atoms in total. The van der Waals surface area contributed by atoms with Crippen molar-refractivity contribution in [1.82, 2.24) is 10.2 Å². The van der Waals surface area contributed by atoms with Crippen molar-refractivity contribution in [3.8, 4) is 22.9 Å². The lowest BCUT2D eigenvalue weighted by atomic mass is 9.81. The highest BCUT2D eigenvalue weighted by Gasteiger charge is 2.36. The third-order valence-electron chi connectivity index (χ3n) is 7.00. The van der Waals surface area contributed by atoms with Gasteiger partial charge in [-0.05, 0) is 41.7 Å². The van der Waals surface area contributed by atoms with Gasteiger partial charge in [-0.15, -0.1) is 0 Å². The number of hydrogen-bond acceptors (Lipinski definition) is 6. The number of carbonyl (C=O) groups excluding carboxylic acids is 1. The van der Waals surface area contributed by atoms with E-state index in [4.69, 9.17) is 15.2 Å².